The van der Waals surface area contributed by atoms with Gasteiger partial charge in [-0.3, -0.25) is 25.2 Å². The van der Waals surface area contributed by atoms with Gasteiger partial charge in [0.25, 0.3) is 11.8 Å². The van der Waals surface area contributed by atoms with Crippen molar-refractivity contribution in [2.75, 3.05) is 18.4 Å². The molecule has 1 aromatic carbocycles. The molecule has 2 aromatic rings. The predicted molar refractivity (Wildman–Crippen MR) is 107 cm³/mol. The van der Waals surface area contributed by atoms with E-state index in [1.807, 2.05) is 37.4 Å². The number of thiophene rings is 1. The highest BCUT2D eigenvalue weighted by Crippen LogP contribution is 2.15. The maximum Gasteiger partial charge on any atom is 0.257 e. The zero-order valence-electron chi connectivity index (χ0n) is 15.4. The van der Waals surface area contributed by atoms with Crippen LogP contribution >= 0.6 is 11.3 Å². The summed E-state index contributed by atoms with van der Waals surface area (Å²) in [4.78, 5) is 35.3. The molecule has 2 rings (SSSR count). The quantitative estimate of drug-likeness (QED) is 0.411. The summed E-state index contributed by atoms with van der Waals surface area (Å²) < 4.78 is 0. The average molecular weight is 388 g/mol. The van der Waals surface area contributed by atoms with E-state index in [1.165, 1.54) is 11.3 Å². The zero-order chi connectivity index (χ0) is 19.6. The van der Waals surface area contributed by atoms with Gasteiger partial charge in [-0.1, -0.05) is 17.7 Å². The van der Waals surface area contributed by atoms with E-state index >= 15 is 0 Å². The Balaban J connectivity index is 1.58. The number of carbonyl (C=O) groups excluding carboxylic acids is 3. The minimum Gasteiger partial charge on any atom is -0.376 e. The van der Waals surface area contributed by atoms with Crippen LogP contribution in [0.2, 0.25) is 0 Å². The molecule has 0 aliphatic rings. The van der Waals surface area contributed by atoms with Gasteiger partial charge in [0.2, 0.25) is 5.91 Å². The molecule has 144 valence electrons. The molecular formula is C19H24N4O3S. The topological polar surface area (TPSA) is 99.3 Å². The fourth-order valence-corrected chi connectivity index (χ4v) is 3.02. The van der Waals surface area contributed by atoms with E-state index in [9.17, 15) is 14.4 Å². The molecule has 0 atom stereocenters. The summed E-state index contributed by atoms with van der Waals surface area (Å²) >= 11 is 1.45. The fourth-order valence-electron chi connectivity index (χ4n) is 2.38. The van der Waals surface area contributed by atoms with Gasteiger partial charge >= 0.3 is 0 Å². The van der Waals surface area contributed by atoms with Gasteiger partial charge < -0.3 is 10.6 Å². The first-order chi connectivity index (χ1) is 13.0. The van der Waals surface area contributed by atoms with Crippen LogP contribution in [0.3, 0.4) is 0 Å². The lowest BCUT2D eigenvalue weighted by Gasteiger charge is -2.11. The van der Waals surface area contributed by atoms with Crippen LogP contribution in [0.15, 0.2) is 35.0 Å². The number of carbonyl (C=O) groups is 3. The molecule has 0 radical (unpaired) electrons. The van der Waals surface area contributed by atoms with Gasteiger partial charge in [0, 0.05) is 29.6 Å². The maximum atomic E-state index is 11.8. The summed E-state index contributed by atoms with van der Waals surface area (Å²) in [5.74, 6) is -0.795. The van der Waals surface area contributed by atoms with Crippen LogP contribution in [0.5, 0.6) is 0 Å². The minimum absolute atomic E-state index is 0.0564. The van der Waals surface area contributed by atoms with Gasteiger partial charge in [-0.25, -0.2) is 0 Å². The highest BCUT2D eigenvalue weighted by Gasteiger charge is 2.07. The summed E-state index contributed by atoms with van der Waals surface area (Å²) in [6.07, 6.45) is 0.688. The first-order valence-electron chi connectivity index (χ1n) is 8.65. The van der Waals surface area contributed by atoms with Crippen molar-refractivity contribution in [1.82, 2.24) is 16.2 Å². The summed E-state index contributed by atoms with van der Waals surface area (Å²) in [5.41, 5.74) is 8.44. The van der Waals surface area contributed by atoms with Crippen molar-refractivity contribution in [3.63, 3.8) is 0 Å². The van der Waals surface area contributed by atoms with Crippen molar-refractivity contribution in [2.45, 2.75) is 26.7 Å². The molecule has 1 aromatic heterocycles. The third kappa shape index (κ3) is 7.10. The molecule has 27 heavy (non-hydrogen) atoms. The molecule has 0 fully saturated rings. The van der Waals surface area contributed by atoms with E-state index in [0.717, 1.165) is 16.8 Å². The number of benzene rings is 1. The van der Waals surface area contributed by atoms with Crippen LogP contribution in [-0.4, -0.2) is 30.8 Å². The lowest BCUT2D eigenvalue weighted by molar-refractivity contribution is -0.128. The smallest absolute Gasteiger partial charge is 0.257 e. The molecule has 4 N–H and O–H groups in total. The molecule has 7 nitrogen and oxygen atoms in total. The van der Waals surface area contributed by atoms with Crippen molar-refractivity contribution >= 4 is 34.7 Å². The van der Waals surface area contributed by atoms with Crippen molar-refractivity contribution in [3.05, 3.63) is 51.7 Å². The van der Waals surface area contributed by atoms with Gasteiger partial charge in [-0.05, 0) is 43.3 Å². The number of aryl methyl sites for hydroxylation is 2. The third-order valence-electron chi connectivity index (χ3n) is 3.81. The van der Waals surface area contributed by atoms with Crippen LogP contribution in [-0.2, 0) is 9.59 Å². The minimum atomic E-state index is -0.339. The Labute approximate surface area is 162 Å². The Morgan fingerprint density at radius 3 is 2.52 bits per heavy atom. The second-order valence-electron chi connectivity index (χ2n) is 6.14. The fraction of sp³-hybridized carbons (Fsp3) is 0.316. The van der Waals surface area contributed by atoms with E-state index in [-0.39, 0.29) is 30.7 Å². The SMILES string of the molecule is Cc1ccc(NCC(=O)NNC(=O)CCCNC(=O)c2ccsc2)c(C)c1. The van der Waals surface area contributed by atoms with Gasteiger partial charge in [0.1, 0.15) is 0 Å². The Kier molecular flexibility index (Phi) is 7.81. The van der Waals surface area contributed by atoms with Gasteiger partial charge in [-0.15, -0.1) is 0 Å². The van der Waals surface area contributed by atoms with Crippen molar-refractivity contribution in [3.8, 4) is 0 Å². The largest absolute Gasteiger partial charge is 0.376 e. The Morgan fingerprint density at radius 2 is 1.81 bits per heavy atom. The van der Waals surface area contributed by atoms with E-state index in [4.69, 9.17) is 0 Å². The molecule has 1 heterocycles. The molecule has 8 heteroatoms. The van der Waals surface area contributed by atoms with Crippen LogP contribution < -0.4 is 21.5 Å². The van der Waals surface area contributed by atoms with E-state index in [2.05, 4.69) is 21.5 Å². The average Bonchev–Trinajstić information content (AvgIpc) is 3.17. The predicted octanol–water partition coefficient (Wildman–Crippen LogP) is 2.13. The second kappa shape index (κ2) is 10.3. The van der Waals surface area contributed by atoms with Crippen LogP contribution in [0, 0.1) is 13.8 Å². The molecule has 0 saturated heterocycles. The maximum absolute atomic E-state index is 11.8. The number of hydrazine groups is 1. The second-order valence-corrected chi connectivity index (χ2v) is 6.92. The summed E-state index contributed by atoms with van der Waals surface area (Å²) in [7, 11) is 0. The van der Waals surface area contributed by atoms with Gasteiger partial charge in [0.05, 0.1) is 6.54 Å². The van der Waals surface area contributed by atoms with Crippen molar-refractivity contribution in [2.24, 2.45) is 0 Å². The molecule has 3 amide bonds. The van der Waals surface area contributed by atoms with Crippen LogP contribution in [0.1, 0.15) is 34.3 Å². The number of anilines is 1. The summed E-state index contributed by atoms with van der Waals surface area (Å²) in [5, 5.41) is 9.38. The third-order valence-corrected chi connectivity index (χ3v) is 4.50. The first kappa shape index (κ1) is 20.4. The summed E-state index contributed by atoms with van der Waals surface area (Å²) in [6.45, 7) is 4.42. The normalized spacial score (nSPS) is 10.1. The van der Waals surface area contributed by atoms with E-state index in [0.29, 0.717) is 18.5 Å². The summed E-state index contributed by atoms with van der Waals surface area (Å²) in [6, 6.07) is 7.65. The standard InChI is InChI=1S/C19H24N4O3S/c1-13-5-6-16(14(2)10-13)21-11-18(25)23-22-17(24)4-3-8-20-19(26)15-7-9-27-12-15/h5-7,9-10,12,21H,3-4,8,11H2,1-2H3,(H,20,26)(H,22,24)(H,23,25). The first-order valence-corrected chi connectivity index (χ1v) is 9.59. The number of hydrogen-bond donors (Lipinski definition) is 4. The Hall–Kier alpha value is -2.87. The van der Waals surface area contributed by atoms with Crippen molar-refractivity contribution in [1.29, 1.82) is 0 Å². The Bertz CT molecular complexity index is 790. The monoisotopic (exact) mass is 388 g/mol. The molecule has 0 spiro atoms. The highest BCUT2D eigenvalue weighted by atomic mass is 32.1. The van der Waals surface area contributed by atoms with Gasteiger partial charge in [0.15, 0.2) is 0 Å². The zero-order valence-corrected chi connectivity index (χ0v) is 16.2. The lowest BCUT2D eigenvalue weighted by atomic mass is 10.1. The number of hydrogen-bond acceptors (Lipinski definition) is 5. The molecule has 0 saturated carbocycles. The molecule has 0 bridgehead atoms. The highest BCUT2D eigenvalue weighted by molar-refractivity contribution is 7.08. The molecular weight excluding hydrogens is 364 g/mol. The van der Waals surface area contributed by atoms with Crippen molar-refractivity contribution < 1.29 is 14.4 Å². The Morgan fingerprint density at radius 1 is 1.04 bits per heavy atom. The van der Waals surface area contributed by atoms with E-state index < -0.39 is 0 Å². The molecule has 0 aliphatic carbocycles. The molecule has 0 aliphatic heterocycles. The molecule has 0 unspecified atom stereocenters. The van der Waals surface area contributed by atoms with E-state index in [1.54, 1.807) is 11.4 Å². The van der Waals surface area contributed by atoms with Gasteiger partial charge in [-0.2, -0.15) is 11.3 Å². The van der Waals surface area contributed by atoms with Crippen LogP contribution in [0.4, 0.5) is 5.69 Å². The lowest BCUT2D eigenvalue weighted by Crippen LogP contribution is -2.44. The number of nitrogens with one attached hydrogen (secondary N) is 4. The van der Waals surface area contributed by atoms with Crippen LogP contribution in [0.25, 0.3) is 0 Å². The number of amides is 3. The number of rotatable bonds is 8.